The summed E-state index contributed by atoms with van der Waals surface area (Å²) in [5.74, 6) is 0.872. The minimum Gasteiger partial charge on any atom is -0.394 e. The fourth-order valence-corrected chi connectivity index (χ4v) is 2.55. The third-order valence-corrected chi connectivity index (χ3v) is 3.59. The molecule has 4 nitrogen and oxygen atoms in total. The van der Waals surface area contributed by atoms with Crippen LogP contribution in [0.1, 0.15) is 30.5 Å². The van der Waals surface area contributed by atoms with E-state index in [4.69, 9.17) is 18.0 Å². The minimum atomic E-state index is 0.159. The number of piperidine rings is 1. The molecule has 1 unspecified atom stereocenters. The summed E-state index contributed by atoms with van der Waals surface area (Å²) in [7, 11) is 0. The van der Waals surface area contributed by atoms with Crippen molar-refractivity contribution in [2.45, 2.75) is 32.2 Å². The van der Waals surface area contributed by atoms with E-state index in [0.29, 0.717) is 4.99 Å². The van der Waals surface area contributed by atoms with Crippen LogP contribution < -0.4 is 10.6 Å². The van der Waals surface area contributed by atoms with Gasteiger partial charge in [0.15, 0.2) is 0 Å². The molecule has 1 aromatic rings. The lowest BCUT2D eigenvalue weighted by Gasteiger charge is -2.35. The monoisotopic (exact) mass is 265 g/mol. The zero-order valence-electron chi connectivity index (χ0n) is 10.6. The van der Waals surface area contributed by atoms with Crippen LogP contribution >= 0.6 is 12.2 Å². The molecule has 1 aliphatic rings. The van der Waals surface area contributed by atoms with Gasteiger partial charge in [-0.05, 0) is 38.3 Å². The molecule has 98 valence electrons. The average Bonchev–Trinajstić information content (AvgIpc) is 2.38. The summed E-state index contributed by atoms with van der Waals surface area (Å²) in [4.78, 5) is 7.09. The molecule has 0 aliphatic carbocycles. The van der Waals surface area contributed by atoms with Gasteiger partial charge in [-0.15, -0.1) is 0 Å². The van der Waals surface area contributed by atoms with Crippen molar-refractivity contribution in [3.05, 3.63) is 23.4 Å². The van der Waals surface area contributed by atoms with Gasteiger partial charge >= 0.3 is 0 Å². The number of aromatic nitrogens is 1. The number of nitrogens with two attached hydrogens (primary N) is 1. The second-order valence-corrected chi connectivity index (χ2v) is 5.19. The second kappa shape index (κ2) is 5.63. The number of aliphatic hydroxyl groups excluding tert-OH is 1. The molecule has 0 bridgehead atoms. The van der Waals surface area contributed by atoms with Gasteiger partial charge in [0.25, 0.3) is 0 Å². The number of anilines is 1. The van der Waals surface area contributed by atoms with Crippen LogP contribution in [0.2, 0.25) is 0 Å². The van der Waals surface area contributed by atoms with Crippen molar-refractivity contribution in [1.29, 1.82) is 0 Å². The van der Waals surface area contributed by atoms with Gasteiger partial charge in [-0.25, -0.2) is 4.98 Å². The highest BCUT2D eigenvalue weighted by atomic mass is 32.1. The van der Waals surface area contributed by atoms with Gasteiger partial charge in [-0.3, -0.25) is 0 Å². The summed E-state index contributed by atoms with van der Waals surface area (Å²) in [5, 5.41) is 9.45. The number of pyridine rings is 1. The molecule has 0 saturated carbocycles. The molecule has 5 heteroatoms. The summed E-state index contributed by atoms with van der Waals surface area (Å²) in [6.07, 6.45) is 3.30. The van der Waals surface area contributed by atoms with Crippen LogP contribution in [0.15, 0.2) is 12.1 Å². The minimum absolute atomic E-state index is 0.159. The summed E-state index contributed by atoms with van der Waals surface area (Å²) in [6, 6.07) is 3.97. The van der Waals surface area contributed by atoms with E-state index in [-0.39, 0.29) is 12.6 Å². The van der Waals surface area contributed by atoms with E-state index < -0.39 is 0 Å². The number of thiocarbonyl (C=S) groups is 1. The Labute approximate surface area is 113 Å². The van der Waals surface area contributed by atoms with Gasteiger partial charge in [-0.1, -0.05) is 12.2 Å². The van der Waals surface area contributed by atoms with Crippen molar-refractivity contribution < 1.29 is 5.11 Å². The number of hydrogen-bond acceptors (Lipinski definition) is 4. The van der Waals surface area contributed by atoms with Crippen LogP contribution in [0.3, 0.4) is 0 Å². The zero-order chi connectivity index (χ0) is 13.1. The summed E-state index contributed by atoms with van der Waals surface area (Å²) >= 11 is 5.02. The van der Waals surface area contributed by atoms with Crippen LogP contribution in [0.4, 0.5) is 5.82 Å². The first-order valence-corrected chi connectivity index (χ1v) is 6.68. The van der Waals surface area contributed by atoms with E-state index in [2.05, 4.69) is 9.88 Å². The van der Waals surface area contributed by atoms with Crippen molar-refractivity contribution in [1.82, 2.24) is 4.98 Å². The fourth-order valence-electron chi connectivity index (χ4n) is 2.43. The van der Waals surface area contributed by atoms with Gasteiger partial charge in [0.2, 0.25) is 0 Å². The van der Waals surface area contributed by atoms with E-state index in [9.17, 15) is 5.11 Å². The lowest BCUT2D eigenvalue weighted by atomic mass is 10.0. The molecule has 1 fully saturated rings. The summed E-state index contributed by atoms with van der Waals surface area (Å²) in [6.45, 7) is 3.03. The molecule has 0 spiro atoms. The Balaban J connectivity index is 2.33. The molecule has 2 heterocycles. The largest absolute Gasteiger partial charge is 0.394 e. The molecule has 2 rings (SSSR count). The maximum absolute atomic E-state index is 9.45. The van der Waals surface area contributed by atoms with Crippen LogP contribution in [-0.4, -0.2) is 34.3 Å². The summed E-state index contributed by atoms with van der Waals surface area (Å²) < 4.78 is 0. The highest BCUT2D eigenvalue weighted by Gasteiger charge is 2.23. The number of hydrogen-bond donors (Lipinski definition) is 2. The Bertz CT molecular complexity index is 450. The van der Waals surface area contributed by atoms with E-state index in [1.807, 2.05) is 19.1 Å². The molecule has 0 aromatic carbocycles. The van der Waals surface area contributed by atoms with Crippen LogP contribution in [0.5, 0.6) is 0 Å². The molecule has 18 heavy (non-hydrogen) atoms. The first kappa shape index (κ1) is 13.2. The maximum atomic E-state index is 9.45. The first-order valence-electron chi connectivity index (χ1n) is 6.28. The normalized spacial score (nSPS) is 19.9. The Morgan fingerprint density at radius 3 is 3.00 bits per heavy atom. The van der Waals surface area contributed by atoms with Crippen LogP contribution in [0, 0.1) is 6.92 Å². The van der Waals surface area contributed by atoms with E-state index in [0.717, 1.165) is 42.9 Å². The summed E-state index contributed by atoms with van der Waals surface area (Å²) in [5.41, 5.74) is 7.43. The van der Waals surface area contributed by atoms with E-state index in [1.54, 1.807) is 0 Å². The Hall–Kier alpha value is -1.20. The van der Waals surface area contributed by atoms with Gasteiger partial charge in [0, 0.05) is 17.8 Å². The predicted octanol–water partition coefficient (Wildman–Crippen LogP) is 1.38. The van der Waals surface area contributed by atoms with Crippen molar-refractivity contribution in [2.24, 2.45) is 5.73 Å². The third kappa shape index (κ3) is 2.79. The maximum Gasteiger partial charge on any atom is 0.129 e. The molecule has 1 saturated heterocycles. The van der Waals surface area contributed by atoms with Gasteiger partial charge in [0.1, 0.15) is 10.8 Å². The Morgan fingerprint density at radius 2 is 2.33 bits per heavy atom. The van der Waals surface area contributed by atoms with Crippen LogP contribution in [-0.2, 0) is 0 Å². The molecule has 1 aromatic heterocycles. The number of rotatable bonds is 3. The smallest absolute Gasteiger partial charge is 0.129 e. The van der Waals surface area contributed by atoms with Gasteiger partial charge < -0.3 is 15.7 Å². The Morgan fingerprint density at radius 1 is 1.56 bits per heavy atom. The van der Waals surface area contributed by atoms with Crippen molar-refractivity contribution >= 4 is 23.0 Å². The topological polar surface area (TPSA) is 62.4 Å². The molecule has 1 atom stereocenters. The molecule has 0 amide bonds. The van der Waals surface area contributed by atoms with Crippen molar-refractivity contribution in [3.63, 3.8) is 0 Å². The average molecular weight is 265 g/mol. The first-order chi connectivity index (χ1) is 8.61. The number of aliphatic hydroxyl groups is 1. The van der Waals surface area contributed by atoms with Crippen LogP contribution in [0.25, 0.3) is 0 Å². The SMILES string of the molecule is Cc1cc(C(N)=S)cc(N2CCCCC2CO)n1. The lowest BCUT2D eigenvalue weighted by Crippen LogP contribution is -2.42. The molecular weight excluding hydrogens is 246 g/mol. The lowest BCUT2D eigenvalue weighted by molar-refractivity contribution is 0.239. The number of aryl methyl sites for hydroxylation is 1. The zero-order valence-corrected chi connectivity index (χ0v) is 11.4. The van der Waals surface area contributed by atoms with Gasteiger partial charge in [0.05, 0.1) is 12.6 Å². The molecule has 3 N–H and O–H groups in total. The third-order valence-electron chi connectivity index (χ3n) is 3.36. The number of nitrogens with zero attached hydrogens (tertiary/aromatic N) is 2. The highest BCUT2D eigenvalue weighted by molar-refractivity contribution is 7.80. The molecular formula is C13H19N3OS. The molecule has 0 radical (unpaired) electrons. The van der Waals surface area contributed by atoms with Crippen molar-refractivity contribution in [2.75, 3.05) is 18.1 Å². The fraction of sp³-hybridized carbons (Fsp3) is 0.538. The standard InChI is InChI=1S/C13H19N3OS/c1-9-6-10(13(14)18)7-12(15-9)16-5-3-2-4-11(16)8-17/h6-7,11,17H,2-5,8H2,1H3,(H2,14,18). The quantitative estimate of drug-likeness (QED) is 0.808. The van der Waals surface area contributed by atoms with Crippen molar-refractivity contribution in [3.8, 4) is 0 Å². The second-order valence-electron chi connectivity index (χ2n) is 4.75. The predicted molar refractivity (Wildman–Crippen MR) is 76.9 cm³/mol. The van der Waals surface area contributed by atoms with E-state index in [1.165, 1.54) is 0 Å². The Kier molecular flexibility index (Phi) is 4.14. The molecule has 1 aliphatic heterocycles. The van der Waals surface area contributed by atoms with Gasteiger partial charge in [-0.2, -0.15) is 0 Å². The van der Waals surface area contributed by atoms with E-state index >= 15 is 0 Å². The highest BCUT2D eigenvalue weighted by Crippen LogP contribution is 2.24.